The standard InChI is InChI=1S/C20H17N3O4S/c24-19-16-3-1-7-23(16)15-6-5-12(9-14(15)21-19)20(25)26-11-13-10-17(27-22-13)18-4-2-8-28-18/h2,4-6,8-10,16H,1,3,7,11H2,(H,21,24)/t16-/m0/s1. The summed E-state index contributed by atoms with van der Waals surface area (Å²) in [4.78, 5) is 27.8. The molecule has 142 valence electrons. The number of amides is 1. The molecule has 0 bridgehead atoms. The maximum atomic E-state index is 12.4. The number of thiophene rings is 1. The average Bonchev–Trinajstić information content (AvgIpc) is 3.47. The quantitative estimate of drug-likeness (QED) is 0.679. The number of carbonyl (C=O) groups excluding carboxylic acids is 2. The highest BCUT2D eigenvalue weighted by molar-refractivity contribution is 7.13. The Hall–Kier alpha value is -3.13. The first-order valence-electron chi connectivity index (χ1n) is 9.07. The molecule has 1 N–H and O–H groups in total. The summed E-state index contributed by atoms with van der Waals surface area (Å²) in [7, 11) is 0. The highest BCUT2D eigenvalue weighted by Gasteiger charge is 2.36. The first kappa shape index (κ1) is 17.0. The zero-order chi connectivity index (χ0) is 19.1. The summed E-state index contributed by atoms with van der Waals surface area (Å²) in [6.07, 6.45) is 1.85. The molecule has 5 rings (SSSR count). The van der Waals surface area contributed by atoms with Gasteiger partial charge in [-0.05, 0) is 42.5 Å². The molecule has 28 heavy (non-hydrogen) atoms. The van der Waals surface area contributed by atoms with Crippen molar-refractivity contribution in [3.05, 3.63) is 53.0 Å². The third-order valence-electron chi connectivity index (χ3n) is 5.03. The Labute approximate surface area is 164 Å². The fraction of sp³-hybridized carbons (Fsp3) is 0.250. The van der Waals surface area contributed by atoms with Gasteiger partial charge in [-0.15, -0.1) is 11.3 Å². The monoisotopic (exact) mass is 395 g/mol. The van der Waals surface area contributed by atoms with Crippen LogP contribution in [-0.2, 0) is 16.1 Å². The highest BCUT2D eigenvalue weighted by atomic mass is 32.1. The lowest BCUT2D eigenvalue weighted by molar-refractivity contribution is -0.117. The van der Waals surface area contributed by atoms with E-state index in [4.69, 9.17) is 9.26 Å². The lowest BCUT2D eigenvalue weighted by atomic mass is 10.1. The number of hydrogen-bond donors (Lipinski definition) is 1. The van der Waals surface area contributed by atoms with Gasteiger partial charge in [-0.2, -0.15) is 0 Å². The van der Waals surface area contributed by atoms with Crippen LogP contribution in [0, 0.1) is 0 Å². The zero-order valence-corrected chi connectivity index (χ0v) is 15.7. The van der Waals surface area contributed by atoms with Crippen molar-refractivity contribution in [3.8, 4) is 10.6 Å². The van der Waals surface area contributed by atoms with Gasteiger partial charge in [0.05, 0.1) is 21.8 Å². The fourth-order valence-corrected chi connectivity index (χ4v) is 4.37. The summed E-state index contributed by atoms with van der Waals surface area (Å²) in [5, 5.41) is 8.80. The summed E-state index contributed by atoms with van der Waals surface area (Å²) < 4.78 is 10.7. The predicted molar refractivity (Wildman–Crippen MR) is 104 cm³/mol. The Bertz CT molecular complexity index is 1040. The van der Waals surface area contributed by atoms with Crippen LogP contribution in [0.15, 0.2) is 46.3 Å². The molecular formula is C20H17N3O4S. The number of ether oxygens (including phenoxy) is 1. The van der Waals surface area contributed by atoms with Crippen molar-refractivity contribution in [2.24, 2.45) is 0 Å². The van der Waals surface area contributed by atoms with E-state index < -0.39 is 5.97 Å². The van der Waals surface area contributed by atoms with E-state index in [1.165, 1.54) is 0 Å². The van der Waals surface area contributed by atoms with Gasteiger partial charge in [0.1, 0.15) is 18.3 Å². The molecule has 1 saturated heterocycles. The van der Waals surface area contributed by atoms with Gasteiger partial charge in [-0.25, -0.2) is 4.79 Å². The molecule has 0 aliphatic carbocycles. The van der Waals surface area contributed by atoms with Crippen molar-refractivity contribution >= 4 is 34.6 Å². The first-order chi connectivity index (χ1) is 13.7. The molecular weight excluding hydrogens is 378 g/mol. The lowest BCUT2D eigenvalue weighted by Crippen LogP contribution is -2.43. The van der Waals surface area contributed by atoms with Crippen LogP contribution in [0.25, 0.3) is 10.6 Å². The van der Waals surface area contributed by atoms with E-state index in [1.807, 2.05) is 23.6 Å². The van der Waals surface area contributed by atoms with Gasteiger partial charge >= 0.3 is 5.97 Å². The number of nitrogens with zero attached hydrogens (tertiary/aromatic N) is 2. The van der Waals surface area contributed by atoms with Crippen molar-refractivity contribution in [1.82, 2.24) is 5.16 Å². The minimum Gasteiger partial charge on any atom is -0.455 e. The number of fused-ring (bicyclic) bond motifs is 3. The lowest BCUT2D eigenvalue weighted by Gasteiger charge is -2.33. The van der Waals surface area contributed by atoms with E-state index in [2.05, 4.69) is 15.4 Å². The largest absolute Gasteiger partial charge is 0.455 e. The normalized spacial score (nSPS) is 17.8. The number of benzene rings is 1. The Morgan fingerprint density at radius 3 is 3.14 bits per heavy atom. The molecule has 1 fully saturated rings. The first-order valence-corrected chi connectivity index (χ1v) is 9.95. The number of rotatable bonds is 4. The molecule has 0 spiro atoms. The van der Waals surface area contributed by atoms with Crippen LogP contribution in [0.4, 0.5) is 11.4 Å². The highest BCUT2D eigenvalue weighted by Crippen LogP contribution is 2.37. The molecule has 2 aliphatic heterocycles. The summed E-state index contributed by atoms with van der Waals surface area (Å²) in [6.45, 7) is 0.874. The van der Waals surface area contributed by atoms with Gasteiger partial charge in [-0.3, -0.25) is 4.79 Å². The number of anilines is 2. The molecule has 0 unspecified atom stereocenters. The van der Waals surface area contributed by atoms with Gasteiger partial charge in [0.25, 0.3) is 0 Å². The van der Waals surface area contributed by atoms with Crippen LogP contribution in [0.2, 0.25) is 0 Å². The van der Waals surface area contributed by atoms with Crippen LogP contribution in [-0.4, -0.2) is 29.6 Å². The van der Waals surface area contributed by atoms with Crippen molar-refractivity contribution in [3.63, 3.8) is 0 Å². The molecule has 4 heterocycles. The van der Waals surface area contributed by atoms with Crippen LogP contribution in [0.5, 0.6) is 0 Å². The topological polar surface area (TPSA) is 84.7 Å². The van der Waals surface area contributed by atoms with Crippen molar-refractivity contribution < 1.29 is 18.8 Å². The average molecular weight is 395 g/mol. The molecule has 2 aromatic heterocycles. The second-order valence-corrected chi connectivity index (χ2v) is 7.76. The van der Waals surface area contributed by atoms with Crippen LogP contribution < -0.4 is 10.2 Å². The molecule has 2 aliphatic rings. The van der Waals surface area contributed by atoms with Gasteiger partial charge in [0.2, 0.25) is 5.91 Å². The van der Waals surface area contributed by atoms with Crippen LogP contribution in [0.1, 0.15) is 28.9 Å². The summed E-state index contributed by atoms with van der Waals surface area (Å²) >= 11 is 1.55. The Kier molecular flexibility index (Phi) is 4.12. The predicted octanol–water partition coefficient (Wildman–Crippen LogP) is 3.68. The third-order valence-corrected chi connectivity index (χ3v) is 5.91. The molecule has 8 heteroatoms. The Balaban J connectivity index is 1.29. The van der Waals surface area contributed by atoms with Gasteiger partial charge in [-0.1, -0.05) is 11.2 Å². The fourth-order valence-electron chi connectivity index (χ4n) is 3.69. The molecule has 0 radical (unpaired) electrons. The summed E-state index contributed by atoms with van der Waals surface area (Å²) in [6, 6.07) is 10.8. The molecule has 1 aromatic carbocycles. The molecule has 1 atom stereocenters. The minimum absolute atomic E-state index is 0.0146. The Morgan fingerprint density at radius 2 is 2.29 bits per heavy atom. The number of carbonyl (C=O) groups is 2. The van der Waals surface area contributed by atoms with Gasteiger partial charge in [0.15, 0.2) is 5.76 Å². The van der Waals surface area contributed by atoms with Crippen LogP contribution in [0.3, 0.4) is 0 Å². The van der Waals surface area contributed by atoms with Crippen LogP contribution >= 0.6 is 11.3 Å². The molecule has 1 amide bonds. The molecule has 7 nitrogen and oxygen atoms in total. The van der Waals surface area contributed by atoms with Crippen molar-refractivity contribution in [2.45, 2.75) is 25.5 Å². The van der Waals surface area contributed by atoms with Crippen molar-refractivity contribution in [2.75, 3.05) is 16.8 Å². The number of hydrogen-bond acceptors (Lipinski definition) is 7. The maximum absolute atomic E-state index is 12.4. The SMILES string of the molecule is O=C(OCc1cc(-c2cccs2)on1)c1ccc2c(c1)NC(=O)[C@@H]1CCCN21. The summed E-state index contributed by atoms with van der Waals surface area (Å²) in [5.41, 5.74) is 2.54. The van der Waals surface area contributed by atoms with E-state index >= 15 is 0 Å². The Morgan fingerprint density at radius 1 is 1.36 bits per heavy atom. The second-order valence-electron chi connectivity index (χ2n) is 6.81. The van der Waals surface area contributed by atoms with E-state index in [0.717, 1.165) is 30.0 Å². The number of aromatic nitrogens is 1. The van der Waals surface area contributed by atoms with E-state index in [9.17, 15) is 9.59 Å². The van der Waals surface area contributed by atoms with E-state index in [0.29, 0.717) is 22.7 Å². The van der Waals surface area contributed by atoms with Gasteiger partial charge in [0, 0.05) is 12.6 Å². The van der Waals surface area contributed by atoms with Crippen molar-refractivity contribution in [1.29, 1.82) is 0 Å². The second kappa shape index (κ2) is 6.79. The van der Waals surface area contributed by atoms with Gasteiger partial charge < -0.3 is 19.5 Å². The van der Waals surface area contributed by atoms with E-state index in [-0.39, 0.29) is 18.6 Å². The number of esters is 1. The zero-order valence-electron chi connectivity index (χ0n) is 14.9. The number of nitrogens with one attached hydrogen (secondary N) is 1. The third kappa shape index (κ3) is 2.95. The minimum atomic E-state index is -0.471. The maximum Gasteiger partial charge on any atom is 0.338 e. The smallest absolute Gasteiger partial charge is 0.338 e. The summed E-state index contributed by atoms with van der Waals surface area (Å²) in [5.74, 6) is 0.165. The molecule has 3 aromatic rings. The molecule has 0 saturated carbocycles. The van der Waals surface area contributed by atoms with E-state index in [1.54, 1.807) is 29.5 Å².